The molecule has 0 spiro atoms. The molecule has 1 aromatic rings. The molecule has 1 aliphatic heterocycles. The van der Waals surface area contributed by atoms with Crippen molar-refractivity contribution in [3.63, 3.8) is 0 Å². The third-order valence-electron chi connectivity index (χ3n) is 3.82. The van der Waals surface area contributed by atoms with Crippen LogP contribution in [-0.4, -0.2) is 37.7 Å². The molecule has 2 rings (SSSR count). The molecule has 0 aliphatic carbocycles. The Morgan fingerprint density at radius 1 is 1.27 bits per heavy atom. The summed E-state index contributed by atoms with van der Waals surface area (Å²) >= 11 is 0. The summed E-state index contributed by atoms with van der Waals surface area (Å²) in [7, 11) is 1.31. The molecule has 0 radical (unpaired) electrons. The van der Waals surface area contributed by atoms with Crippen LogP contribution >= 0.6 is 0 Å². The van der Waals surface area contributed by atoms with Crippen LogP contribution < -0.4 is 15.4 Å². The number of piperidine rings is 1. The Labute approximate surface area is 130 Å². The number of anilines is 1. The van der Waals surface area contributed by atoms with Crippen molar-refractivity contribution in [3.8, 4) is 5.75 Å². The summed E-state index contributed by atoms with van der Waals surface area (Å²) in [6.07, 6.45) is 2.99. The fourth-order valence-corrected chi connectivity index (χ4v) is 2.35. The monoisotopic (exact) mass is 306 g/mol. The highest BCUT2D eigenvalue weighted by atomic mass is 16.6. The first-order valence-corrected chi connectivity index (χ1v) is 7.40. The van der Waals surface area contributed by atoms with Crippen LogP contribution in [0.3, 0.4) is 0 Å². The lowest BCUT2D eigenvalue weighted by Crippen LogP contribution is -2.54. The zero-order valence-electron chi connectivity index (χ0n) is 13.0. The SMILES string of the molecule is COC(=O)COc1ccc(NC(=O)C2(C)CCCCN2)cc1. The molecule has 1 aliphatic rings. The second-order valence-corrected chi connectivity index (χ2v) is 5.56. The number of hydrogen-bond donors (Lipinski definition) is 2. The Morgan fingerprint density at radius 3 is 2.59 bits per heavy atom. The molecular weight excluding hydrogens is 284 g/mol. The van der Waals surface area contributed by atoms with Crippen molar-refractivity contribution in [1.29, 1.82) is 0 Å². The summed E-state index contributed by atoms with van der Waals surface area (Å²) < 4.78 is 9.75. The zero-order valence-corrected chi connectivity index (χ0v) is 13.0. The molecule has 0 saturated carbocycles. The Kier molecular flexibility index (Phi) is 5.38. The molecule has 1 fully saturated rings. The normalized spacial score (nSPS) is 21.0. The molecular formula is C16H22N2O4. The lowest BCUT2D eigenvalue weighted by Gasteiger charge is -2.33. The molecule has 6 nitrogen and oxygen atoms in total. The minimum Gasteiger partial charge on any atom is -0.482 e. The lowest BCUT2D eigenvalue weighted by atomic mass is 9.90. The van der Waals surface area contributed by atoms with Crippen LogP contribution in [0.1, 0.15) is 26.2 Å². The van der Waals surface area contributed by atoms with Gasteiger partial charge in [0.05, 0.1) is 12.6 Å². The Morgan fingerprint density at radius 2 is 2.00 bits per heavy atom. The van der Waals surface area contributed by atoms with E-state index in [1.807, 2.05) is 6.92 Å². The molecule has 120 valence electrons. The number of nitrogens with one attached hydrogen (secondary N) is 2. The van der Waals surface area contributed by atoms with E-state index >= 15 is 0 Å². The second kappa shape index (κ2) is 7.26. The van der Waals surface area contributed by atoms with E-state index in [9.17, 15) is 9.59 Å². The smallest absolute Gasteiger partial charge is 0.343 e. The third kappa shape index (κ3) is 4.21. The average Bonchev–Trinajstić information content (AvgIpc) is 2.54. The zero-order chi connectivity index (χ0) is 16.0. The number of rotatable bonds is 5. The third-order valence-corrected chi connectivity index (χ3v) is 3.82. The molecule has 1 heterocycles. The standard InChI is InChI=1S/C16H22N2O4/c1-16(9-3-4-10-17-16)15(20)18-12-5-7-13(8-6-12)22-11-14(19)21-2/h5-8,17H,3-4,9-11H2,1-2H3,(H,18,20). The summed E-state index contributed by atoms with van der Waals surface area (Å²) in [5, 5.41) is 6.18. The summed E-state index contributed by atoms with van der Waals surface area (Å²) in [4.78, 5) is 23.4. The van der Waals surface area contributed by atoms with Gasteiger partial charge in [0.2, 0.25) is 5.91 Å². The van der Waals surface area contributed by atoms with Gasteiger partial charge in [0.1, 0.15) is 5.75 Å². The van der Waals surface area contributed by atoms with Gasteiger partial charge in [-0.15, -0.1) is 0 Å². The molecule has 1 aromatic carbocycles. The Hall–Kier alpha value is -2.08. The molecule has 2 N–H and O–H groups in total. The van der Waals surface area contributed by atoms with Gasteiger partial charge < -0.3 is 20.1 Å². The number of carbonyl (C=O) groups excluding carboxylic acids is 2. The van der Waals surface area contributed by atoms with Crippen LogP contribution in [0.4, 0.5) is 5.69 Å². The van der Waals surface area contributed by atoms with Crippen LogP contribution in [-0.2, 0) is 14.3 Å². The highest BCUT2D eigenvalue weighted by molar-refractivity contribution is 5.97. The van der Waals surface area contributed by atoms with E-state index < -0.39 is 11.5 Å². The van der Waals surface area contributed by atoms with Crippen molar-refractivity contribution in [3.05, 3.63) is 24.3 Å². The van der Waals surface area contributed by atoms with Crippen molar-refractivity contribution in [1.82, 2.24) is 5.32 Å². The van der Waals surface area contributed by atoms with Gasteiger partial charge in [-0.3, -0.25) is 4.79 Å². The number of esters is 1. The van der Waals surface area contributed by atoms with Crippen LogP contribution in [0, 0.1) is 0 Å². The molecule has 1 saturated heterocycles. The van der Waals surface area contributed by atoms with Gasteiger partial charge in [0.15, 0.2) is 6.61 Å². The molecule has 0 bridgehead atoms. The number of methoxy groups -OCH3 is 1. The van der Waals surface area contributed by atoms with Crippen molar-refractivity contribution in [2.45, 2.75) is 31.7 Å². The van der Waals surface area contributed by atoms with Gasteiger partial charge in [0.25, 0.3) is 0 Å². The number of carbonyl (C=O) groups is 2. The van der Waals surface area contributed by atoms with Gasteiger partial charge in [-0.25, -0.2) is 4.79 Å². The molecule has 1 unspecified atom stereocenters. The van der Waals surface area contributed by atoms with Gasteiger partial charge in [-0.05, 0) is 57.0 Å². The summed E-state index contributed by atoms with van der Waals surface area (Å²) in [5.74, 6) is 0.0782. The van der Waals surface area contributed by atoms with Crippen molar-refractivity contribution < 1.29 is 19.1 Å². The van der Waals surface area contributed by atoms with Gasteiger partial charge in [-0.2, -0.15) is 0 Å². The topological polar surface area (TPSA) is 76.7 Å². The molecule has 1 atom stereocenters. The molecule has 6 heteroatoms. The minimum absolute atomic E-state index is 0.0320. The maximum absolute atomic E-state index is 12.4. The fraction of sp³-hybridized carbons (Fsp3) is 0.500. The molecule has 1 amide bonds. The van der Waals surface area contributed by atoms with Gasteiger partial charge >= 0.3 is 5.97 Å². The highest BCUT2D eigenvalue weighted by Gasteiger charge is 2.34. The number of ether oxygens (including phenoxy) is 2. The molecule has 0 aromatic heterocycles. The fourth-order valence-electron chi connectivity index (χ4n) is 2.35. The maximum Gasteiger partial charge on any atom is 0.343 e. The Balaban J connectivity index is 1.90. The maximum atomic E-state index is 12.4. The van der Waals surface area contributed by atoms with Crippen LogP contribution in [0.15, 0.2) is 24.3 Å². The van der Waals surface area contributed by atoms with E-state index in [1.165, 1.54) is 7.11 Å². The molecule has 22 heavy (non-hydrogen) atoms. The lowest BCUT2D eigenvalue weighted by molar-refractivity contribution is -0.142. The first-order valence-electron chi connectivity index (χ1n) is 7.40. The first kappa shape index (κ1) is 16.3. The van der Waals surface area contributed by atoms with Gasteiger partial charge in [-0.1, -0.05) is 0 Å². The first-order chi connectivity index (χ1) is 10.5. The summed E-state index contributed by atoms with van der Waals surface area (Å²) in [5.41, 5.74) is 0.183. The van der Waals surface area contributed by atoms with Crippen LogP contribution in [0.25, 0.3) is 0 Å². The predicted molar refractivity (Wildman–Crippen MR) is 82.8 cm³/mol. The van der Waals surface area contributed by atoms with E-state index in [1.54, 1.807) is 24.3 Å². The summed E-state index contributed by atoms with van der Waals surface area (Å²) in [6, 6.07) is 6.90. The van der Waals surface area contributed by atoms with E-state index in [2.05, 4.69) is 15.4 Å². The van der Waals surface area contributed by atoms with E-state index in [0.717, 1.165) is 25.8 Å². The van der Waals surface area contributed by atoms with Gasteiger partial charge in [0, 0.05) is 5.69 Å². The van der Waals surface area contributed by atoms with E-state index in [4.69, 9.17) is 4.74 Å². The number of benzene rings is 1. The van der Waals surface area contributed by atoms with Crippen molar-refractivity contribution in [2.75, 3.05) is 25.6 Å². The van der Waals surface area contributed by atoms with E-state index in [0.29, 0.717) is 11.4 Å². The minimum atomic E-state index is -0.516. The number of amides is 1. The number of hydrogen-bond acceptors (Lipinski definition) is 5. The second-order valence-electron chi connectivity index (χ2n) is 5.56. The van der Waals surface area contributed by atoms with Crippen LogP contribution in [0.2, 0.25) is 0 Å². The largest absolute Gasteiger partial charge is 0.482 e. The van der Waals surface area contributed by atoms with E-state index in [-0.39, 0.29) is 12.5 Å². The van der Waals surface area contributed by atoms with Crippen LogP contribution in [0.5, 0.6) is 5.75 Å². The highest BCUT2D eigenvalue weighted by Crippen LogP contribution is 2.22. The predicted octanol–water partition coefficient (Wildman–Crippen LogP) is 1.71. The summed E-state index contributed by atoms with van der Waals surface area (Å²) in [6.45, 7) is 2.66. The van der Waals surface area contributed by atoms with Crippen molar-refractivity contribution in [2.24, 2.45) is 0 Å². The average molecular weight is 306 g/mol. The quantitative estimate of drug-likeness (QED) is 0.810. The Bertz CT molecular complexity index is 521. The van der Waals surface area contributed by atoms with Crippen molar-refractivity contribution >= 4 is 17.6 Å².